The van der Waals surface area contributed by atoms with Crippen LogP contribution < -0.4 is 10.5 Å². The van der Waals surface area contributed by atoms with Crippen molar-refractivity contribution in [2.45, 2.75) is 18.9 Å². The van der Waals surface area contributed by atoms with Gasteiger partial charge >= 0.3 is 0 Å². The van der Waals surface area contributed by atoms with E-state index in [0.29, 0.717) is 39.7 Å². The van der Waals surface area contributed by atoms with Crippen LogP contribution in [-0.4, -0.2) is 24.7 Å². The van der Waals surface area contributed by atoms with E-state index in [1.54, 1.807) is 18.3 Å². The Bertz CT molecular complexity index is 829. The van der Waals surface area contributed by atoms with Gasteiger partial charge < -0.3 is 10.5 Å². The van der Waals surface area contributed by atoms with E-state index >= 15 is 0 Å². The maximum atomic E-state index is 5.95. The Labute approximate surface area is 124 Å². The fourth-order valence-corrected chi connectivity index (χ4v) is 2.33. The summed E-state index contributed by atoms with van der Waals surface area (Å²) in [7, 11) is 0. The Morgan fingerprint density at radius 2 is 2.14 bits per heavy atom. The van der Waals surface area contributed by atoms with Gasteiger partial charge in [-0.2, -0.15) is 0 Å². The fraction of sp³-hybridized carbons (Fsp3) is 0.231. The topological polar surface area (TPSA) is 91.7 Å². The number of hydrogen-bond acceptors (Lipinski definition) is 6. The van der Waals surface area contributed by atoms with E-state index < -0.39 is 0 Å². The highest BCUT2D eigenvalue weighted by Gasteiger charge is 2.29. The second kappa shape index (κ2) is 4.56. The first-order valence-electron chi connectivity index (χ1n) is 6.50. The summed E-state index contributed by atoms with van der Waals surface area (Å²) in [6, 6.07) is 3.68. The van der Waals surface area contributed by atoms with Crippen LogP contribution in [0.2, 0.25) is 5.15 Å². The molecule has 0 radical (unpaired) electrons. The summed E-state index contributed by atoms with van der Waals surface area (Å²) in [6.45, 7) is 0. The molecule has 1 fully saturated rings. The molecule has 1 aliphatic rings. The molecule has 106 valence electrons. The lowest BCUT2D eigenvalue weighted by Crippen LogP contribution is -1.98. The van der Waals surface area contributed by atoms with E-state index in [9.17, 15) is 0 Å². The molecule has 3 aromatic rings. The minimum absolute atomic E-state index is 0.349. The first-order chi connectivity index (χ1) is 10.2. The quantitative estimate of drug-likeness (QED) is 0.748. The van der Waals surface area contributed by atoms with Gasteiger partial charge in [0.15, 0.2) is 5.65 Å². The smallest absolute Gasteiger partial charge is 0.251 e. The van der Waals surface area contributed by atoms with Crippen molar-refractivity contribution in [3.05, 3.63) is 29.8 Å². The molecular weight excluding hydrogens is 292 g/mol. The minimum atomic E-state index is 0.349. The Balaban J connectivity index is 1.84. The van der Waals surface area contributed by atoms with Gasteiger partial charge in [0.25, 0.3) is 5.88 Å². The number of hydrogen-bond donors (Lipinski definition) is 1. The lowest BCUT2D eigenvalue weighted by molar-refractivity contribution is 0.452. The summed E-state index contributed by atoms with van der Waals surface area (Å²) in [5.74, 6) is 1.28. The van der Waals surface area contributed by atoms with Crippen molar-refractivity contribution in [2.75, 3.05) is 5.73 Å². The molecule has 1 saturated carbocycles. The monoisotopic (exact) mass is 302 g/mol. The number of ether oxygens (including phenoxy) is 1. The summed E-state index contributed by atoms with van der Waals surface area (Å²) < 4.78 is 7.65. The third kappa shape index (κ3) is 2.15. The highest BCUT2D eigenvalue weighted by Crippen LogP contribution is 2.40. The van der Waals surface area contributed by atoms with Gasteiger partial charge in [-0.15, -0.1) is 5.10 Å². The van der Waals surface area contributed by atoms with Crippen LogP contribution >= 0.6 is 11.6 Å². The van der Waals surface area contributed by atoms with Crippen LogP contribution in [0.4, 0.5) is 5.82 Å². The number of fused-ring (bicyclic) bond motifs is 1. The number of nitrogens with zero attached hydrogens (tertiary/aromatic N) is 5. The van der Waals surface area contributed by atoms with Gasteiger partial charge in [0.05, 0.1) is 6.04 Å². The summed E-state index contributed by atoms with van der Waals surface area (Å²) in [5, 5.41) is 5.46. The predicted octanol–water partition coefficient (Wildman–Crippen LogP) is 2.58. The Kier molecular flexibility index (Phi) is 2.68. The molecule has 0 unspecified atom stereocenters. The fourth-order valence-electron chi connectivity index (χ4n) is 2.17. The van der Waals surface area contributed by atoms with Crippen LogP contribution in [0.25, 0.3) is 11.0 Å². The molecule has 0 spiro atoms. The largest absolute Gasteiger partial charge is 0.437 e. The van der Waals surface area contributed by atoms with Gasteiger partial charge in [-0.1, -0.05) is 11.6 Å². The molecule has 7 nitrogen and oxygen atoms in total. The molecule has 1 aliphatic carbocycles. The van der Waals surface area contributed by atoms with E-state index in [4.69, 9.17) is 22.1 Å². The molecule has 3 aromatic heterocycles. The second-order valence-electron chi connectivity index (χ2n) is 4.85. The van der Waals surface area contributed by atoms with E-state index in [1.165, 1.54) is 6.33 Å². The zero-order chi connectivity index (χ0) is 14.4. The molecule has 4 rings (SSSR count). The van der Waals surface area contributed by atoms with Crippen LogP contribution in [0, 0.1) is 0 Å². The van der Waals surface area contributed by atoms with Gasteiger partial charge in [0, 0.05) is 12.3 Å². The number of nitrogen functional groups attached to an aromatic ring is 1. The van der Waals surface area contributed by atoms with Crippen molar-refractivity contribution in [3.8, 4) is 11.6 Å². The number of halogens is 1. The third-order valence-corrected chi connectivity index (χ3v) is 3.50. The first kappa shape index (κ1) is 12.3. The molecule has 3 heterocycles. The van der Waals surface area contributed by atoms with Crippen LogP contribution in [-0.2, 0) is 0 Å². The van der Waals surface area contributed by atoms with Crippen molar-refractivity contribution in [2.24, 2.45) is 0 Å². The molecule has 0 aliphatic heterocycles. The minimum Gasteiger partial charge on any atom is -0.437 e. The molecule has 0 amide bonds. The third-order valence-electron chi connectivity index (χ3n) is 3.29. The Morgan fingerprint density at radius 1 is 1.29 bits per heavy atom. The van der Waals surface area contributed by atoms with E-state index in [0.717, 1.165) is 12.8 Å². The predicted molar refractivity (Wildman–Crippen MR) is 77.3 cm³/mol. The molecule has 2 N–H and O–H groups in total. The van der Waals surface area contributed by atoms with Gasteiger partial charge in [-0.05, 0) is 18.9 Å². The average Bonchev–Trinajstić information content (AvgIpc) is 3.23. The average molecular weight is 303 g/mol. The maximum absolute atomic E-state index is 5.95. The van der Waals surface area contributed by atoms with Gasteiger partial charge in [0.2, 0.25) is 0 Å². The number of pyridine rings is 1. The molecule has 0 bridgehead atoms. The van der Waals surface area contributed by atoms with Crippen molar-refractivity contribution in [1.29, 1.82) is 0 Å². The maximum Gasteiger partial charge on any atom is 0.251 e. The summed E-state index contributed by atoms with van der Waals surface area (Å²) in [6.07, 6.45) is 5.17. The van der Waals surface area contributed by atoms with Gasteiger partial charge in [-0.25, -0.2) is 19.6 Å². The standard InChI is InChI=1S/C13H11ClN6O/c14-9-5-8(3-4-16-9)21-13-10-11(15)17-6-18-12(10)20(19-13)7-1-2-7/h3-7H,1-2H2,(H2,15,17,18). The highest BCUT2D eigenvalue weighted by atomic mass is 35.5. The van der Waals surface area contributed by atoms with E-state index in [2.05, 4.69) is 20.1 Å². The number of rotatable bonds is 3. The zero-order valence-electron chi connectivity index (χ0n) is 10.9. The summed E-state index contributed by atoms with van der Waals surface area (Å²) in [5.41, 5.74) is 6.65. The molecule has 0 saturated heterocycles. The lowest BCUT2D eigenvalue weighted by atomic mass is 10.4. The number of nitrogens with two attached hydrogens (primary N) is 1. The van der Waals surface area contributed by atoms with Crippen molar-refractivity contribution >= 4 is 28.5 Å². The summed E-state index contributed by atoms with van der Waals surface area (Å²) in [4.78, 5) is 12.2. The van der Waals surface area contributed by atoms with Gasteiger partial charge in [-0.3, -0.25) is 0 Å². The molecule has 21 heavy (non-hydrogen) atoms. The van der Waals surface area contributed by atoms with Gasteiger partial charge in [0.1, 0.15) is 28.4 Å². The normalized spacial score (nSPS) is 14.5. The SMILES string of the molecule is Nc1ncnc2c1c(Oc1ccnc(Cl)c1)nn2C1CC1. The first-order valence-corrected chi connectivity index (χ1v) is 6.88. The molecule has 8 heteroatoms. The van der Waals surface area contributed by atoms with E-state index in [1.807, 2.05) is 4.68 Å². The van der Waals surface area contributed by atoms with Crippen LogP contribution in [0.3, 0.4) is 0 Å². The van der Waals surface area contributed by atoms with Crippen molar-refractivity contribution in [1.82, 2.24) is 24.7 Å². The van der Waals surface area contributed by atoms with E-state index in [-0.39, 0.29) is 0 Å². The van der Waals surface area contributed by atoms with Crippen molar-refractivity contribution in [3.63, 3.8) is 0 Å². The zero-order valence-corrected chi connectivity index (χ0v) is 11.7. The summed E-state index contributed by atoms with van der Waals surface area (Å²) >= 11 is 5.86. The number of aromatic nitrogens is 5. The molecule has 0 atom stereocenters. The number of anilines is 1. The lowest BCUT2D eigenvalue weighted by Gasteiger charge is -2.02. The molecular formula is C13H11ClN6O. The van der Waals surface area contributed by atoms with Crippen LogP contribution in [0.15, 0.2) is 24.7 Å². The van der Waals surface area contributed by atoms with Crippen molar-refractivity contribution < 1.29 is 4.74 Å². The van der Waals surface area contributed by atoms with Crippen LogP contribution in [0.1, 0.15) is 18.9 Å². The second-order valence-corrected chi connectivity index (χ2v) is 5.24. The highest BCUT2D eigenvalue weighted by molar-refractivity contribution is 6.29. The Hall–Kier alpha value is -2.41. The Morgan fingerprint density at radius 3 is 2.90 bits per heavy atom. The molecule has 0 aromatic carbocycles. The van der Waals surface area contributed by atoms with Crippen LogP contribution in [0.5, 0.6) is 11.6 Å².